The van der Waals surface area contributed by atoms with Crippen LogP contribution in [0.25, 0.3) is 0 Å². The van der Waals surface area contributed by atoms with Crippen LogP contribution in [0.1, 0.15) is 11.1 Å². The minimum Gasteiger partial charge on any atom is -0.497 e. The summed E-state index contributed by atoms with van der Waals surface area (Å²) in [6.07, 6.45) is 0.716. The fourth-order valence-corrected chi connectivity index (χ4v) is 4.12. The lowest BCUT2D eigenvalue weighted by atomic mass is 10.00. The molecule has 0 radical (unpaired) electrons. The highest BCUT2D eigenvalue weighted by Gasteiger charge is 2.51. The van der Waals surface area contributed by atoms with E-state index in [-0.39, 0.29) is 23.7 Å². The molecule has 2 atom stereocenters. The molecule has 27 heavy (non-hydrogen) atoms. The highest BCUT2D eigenvalue weighted by atomic mass is 16.5. The van der Waals surface area contributed by atoms with Gasteiger partial charge in [0.2, 0.25) is 11.8 Å². The summed E-state index contributed by atoms with van der Waals surface area (Å²) in [4.78, 5) is 29.2. The minimum atomic E-state index is -0.188. The van der Waals surface area contributed by atoms with Crippen LogP contribution in [-0.4, -0.2) is 48.4 Å². The molecule has 2 saturated heterocycles. The monoisotopic (exact) mass is 364 g/mol. The van der Waals surface area contributed by atoms with Crippen LogP contribution < -0.4 is 4.74 Å². The number of likely N-dealkylation sites (tertiary alicyclic amines) is 2. The molecule has 2 amide bonds. The highest BCUT2D eigenvalue weighted by molar-refractivity contribution is 6.05. The maximum absolute atomic E-state index is 12.8. The molecular formula is C22H24N2O3. The van der Waals surface area contributed by atoms with Crippen LogP contribution >= 0.6 is 0 Å². The number of carbonyl (C=O) groups is 2. The second-order valence-corrected chi connectivity index (χ2v) is 7.32. The van der Waals surface area contributed by atoms with Crippen LogP contribution in [-0.2, 0) is 22.6 Å². The Kier molecular flexibility index (Phi) is 4.94. The Balaban J connectivity index is 1.36. The fraction of sp³-hybridized carbons (Fsp3) is 0.364. The smallest absolute Gasteiger partial charge is 0.234 e. The molecule has 5 heteroatoms. The first-order chi connectivity index (χ1) is 13.2. The van der Waals surface area contributed by atoms with Gasteiger partial charge in [-0.05, 0) is 29.7 Å². The van der Waals surface area contributed by atoms with Gasteiger partial charge in [0, 0.05) is 26.2 Å². The van der Waals surface area contributed by atoms with Crippen molar-refractivity contribution in [1.82, 2.24) is 9.80 Å². The van der Waals surface area contributed by atoms with Crippen LogP contribution in [0.3, 0.4) is 0 Å². The molecule has 4 rings (SSSR count). The number of ether oxygens (including phenoxy) is 1. The van der Waals surface area contributed by atoms with Gasteiger partial charge >= 0.3 is 0 Å². The molecule has 2 aromatic carbocycles. The van der Waals surface area contributed by atoms with Crippen molar-refractivity contribution in [1.29, 1.82) is 0 Å². The Labute approximate surface area is 159 Å². The van der Waals surface area contributed by atoms with Gasteiger partial charge in [0.1, 0.15) is 5.75 Å². The van der Waals surface area contributed by atoms with E-state index in [9.17, 15) is 9.59 Å². The number of hydrogen-bond donors (Lipinski definition) is 0. The second kappa shape index (κ2) is 7.53. The molecule has 0 bridgehead atoms. The van der Waals surface area contributed by atoms with Gasteiger partial charge in [-0.15, -0.1) is 0 Å². The number of imide groups is 1. The van der Waals surface area contributed by atoms with Gasteiger partial charge in [-0.25, -0.2) is 0 Å². The van der Waals surface area contributed by atoms with Gasteiger partial charge < -0.3 is 4.74 Å². The predicted octanol–water partition coefficient (Wildman–Crippen LogP) is 2.35. The van der Waals surface area contributed by atoms with Crippen molar-refractivity contribution in [3.63, 3.8) is 0 Å². The van der Waals surface area contributed by atoms with E-state index in [1.165, 1.54) is 4.90 Å². The van der Waals surface area contributed by atoms with Crippen molar-refractivity contribution in [2.45, 2.75) is 13.0 Å². The number of rotatable bonds is 6. The molecule has 5 nitrogen and oxygen atoms in total. The molecule has 0 N–H and O–H groups in total. The van der Waals surface area contributed by atoms with Gasteiger partial charge in [-0.3, -0.25) is 19.4 Å². The van der Waals surface area contributed by atoms with E-state index >= 15 is 0 Å². The van der Waals surface area contributed by atoms with Crippen LogP contribution in [0.5, 0.6) is 5.75 Å². The highest BCUT2D eigenvalue weighted by Crippen LogP contribution is 2.34. The van der Waals surface area contributed by atoms with Gasteiger partial charge in [0.05, 0.1) is 18.9 Å². The normalized spacial score (nSPS) is 22.3. The summed E-state index contributed by atoms with van der Waals surface area (Å²) in [7, 11) is 1.65. The average molecular weight is 364 g/mol. The summed E-state index contributed by atoms with van der Waals surface area (Å²) in [5, 5.41) is 0. The summed E-state index contributed by atoms with van der Waals surface area (Å²) in [6.45, 7) is 2.54. The summed E-state index contributed by atoms with van der Waals surface area (Å²) in [5.74, 6) is 0.450. The topological polar surface area (TPSA) is 49.9 Å². The van der Waals surface area contributed by atoms with E-state index < -0.39 is 0 Å². The lowest BCUT2D eigenvalue weighted by molar-refractivity contribution is -0.140. The Morgan fingerprint density at radius 3 is 2.11 bits per heavy atom. The quantitative estimate of drug-likeness (QED) is 0.739. The third-order valence-corrected chi connectivity index (χ3v) is 5.59. The Morgan fingerprint density at radius 1 is 0.889 bits per heavy atom. The lowest BCUT2D eigenvalue weighted by Gasteiger charge is -2.20. The molecule has 0 spiro atoms. The molecule has 2 heterocycles. The second-order valence-electron chi connectivity index (χ2n) is 7.32. The number of carbonyl (C=O) groups excluding carboxylic acids is 2. The van der Waals surface area contributed by atoms with E-state index in [0.717, 1.165) is 23.4 Å². The van der Waals surface area contributed by atoms with Crippen molar-refractivity contribution >= 4 is 11.8 Å². The average Bonchev–Trinajstić information content (AvgIpc) is 3.21. The molecule has 0 aliphatic carbocycles. The van der Waals surface area contributed by atoms with Gasteiger partial charge in [0.25, 0.3) is 0 Å². The van der Waals surface area contributed by atoms with E-state index in [4.69, 9.17) is 4.74 Å². The van der Waals surface area contributed by atoms with Gasteiger partial charge in [0.15, 0.2) is 0 Å². The van der Waals surface area contributed by atoms with Crippen LogP contribution in [0, 0.1) is 11.8 Å². The third-order valence-electron chi connectivity index (χ3n) is 5.59. The first kappa shape index (κ1) is 17.7. The first-order valence-corrected chi connectivity index (χ1v) is 9.40. The Bertz CT molecular complexity index is 795. The summed E-state index contributed by atoms with van der Waals surface area (Å²) >= 11 is 0. The van der Waals surface area contributed by atoms with Crippen LogP contribution in [0.2, 0.25) is 0 Å². The lowest BCUT2D eigenvalue weighted by Crippen LogP contribution is -2.37. The van der Waals surface area contributed by atoms with Crippen molar-refractivity contribution in [2.75, 3.05) is 26.7 Å². The summed E-state index contributed by atoms with van der Waals surface area (Å²) in [6, 6.07) is 17.9. The predicted molar refractivity (Wildman–Crippen MR) is 102 cm³/mol. The molecule has 0 unspecified atom stereocenters. The number of nitrogens with zero attached hydrogens (tertiary/aromatic N) is 2. The van der Waals surface area contributed by atoms with Crippen molar-refractivity contribution in [3.8, 4) is 5.75 Å². The molecule has 140 valence electrons. The summed E-state index contributed by atoms with van der Waals surface area (Å²) in [5.41, 5.74) is 2.31. The van der Waals surface area contributed by atoms with Gasteiger partial charge in [-0.1, -0.05) is 42.5 Å². The number of benzene rings is 2. The van der Waals surface area contributed by atoms with Crippen molar-refractivity contribution in [3.05, 3.63) is 65.7 Å². The standard InChI is InChI=1S/C22H24N2O3/c1-27-18-9-7-17(8-10-18)13-23-14-19-20(15-23)22(26)24(21(19)25)12-11-16-5-3-2-4-6-16/h2-10,19-20H,11-15H2,1H3/t19-,20+. The van der Waals surface area contributed by atoms with Crippen molar-refractivity contribution in [2.24, 2.45) is 11.8 Å². The summed E-state index contributed by atoms with van der Waals surface area (Å²) < 4.78 is 5.19. The van der Waals surface area contributed by atoms with Crippen LogP contribution in [0.4, 0.5) is 0 Å². The molecule has 2 aliphatic rings. The maximum Gasteiger partial charge on any atom is 0.234 e. The zero-order valence-corrected chi connectivity index (χ0v) is 15.5. The zero-order valence-electron chi connectivity index (χ0n) is 15.5. The van der Waals surface area contributed by atoms with E-state index in [2.05, 4.69) is 4.90 Å². The molecule has 2 aliphatic heterocycles. The van der Waals surface area contributed by atoms with E-state index in [1.54, 1.807) is 7.11 Å². The van der Waals surface area contributed by atoms with Gasteiger partial charge in [-0.2, -0.15) is 0 Å². The molecular weight excluding hydrogens is 340 g/mol. The number of hydrogen-bond acceptors (Lipinski definition) is 4. The molecule has 0 saturated carbocycles. The maximum atomic E-state index is 12.8. The number of amides is 2. The van der Waals surface area contributed by atoms with E-state index in [0.29, 0.717) is 26.1 Å². The Morgan fingerprint density at radius 2 is 1.52 bits per heavy atom. The minimum absolute atomic E-state index is 0.00170. The van der Waals surface area contributed by atoms with Crippen molar-refractivity contribution < 1.29 is 14.3 Å². The molecule has 2 fully saturated rings. The zero-order chi connectivity index (χ0) is 18.8. The Hall–Kier alpha value is -2.66. The molecule has 0 aromatic heterocycles. The largest absolute Gasteiger partial charge is 0.497 e. The number of methoxy groups -OCH3 is 1. The first-order valence-electron chi connectivity index (χ1n) is 9.40. The van der Waals surface area contributed by atoms with E-state index in [1.807, 2.05) is 54.6 Å². The fourth-order valence-electron chi connectivity index (χ4n) is 4.12. The SMILES string of the molecule is COc1ccc(CN2C[C@@H]3C(=O)N(CCc4ccccc4)C(=O)[C@@H]3C2)cc1. The number of fused-ring (bicyclic) bond motifs is 1. The van der Waals surface area contributed by atoms with Crippen LogP contribution in [0.15, 0.2) is 54.6 Å². The third kappa shape index (κ3) is 3.60. The molecule has 2 aromatic rings.